The van der Waals surface area contributed by atoms with Gasteiger partial charge in [-0.1, -0.05) is 0 Å². The quantitative estimate of drug-likeness (QED) is 0.553. The van der Waals surface area contributed by atoms with Gasteiger partial charge in [0.2, 0.25) is 17.1 Å². The van der Waals surface area contributed by atoms with E-state index < -0.39 is 5.43 Å². The van der Waals surface area contributed by atoms with E-state index in [1.54, 1.807) is 7.05 Å². The topological polar surface area (TPSA) is 157 Å². The molecule has 1 aromatic carbocycles. The van der Waals surface area contributed by atoms with Crippen LogP contribution in [0.5, 0.6) is 17.2 Å². The van der Waals surface area contributed by atoms with E-state index in [4.69, 9.17) is 25.7 Å². The lowest BCUT2D eigenvalue weighted by Gasteiger charge is -2.14. The van der Waals surface area contributed by atoms with Crippen LogP contribution in [0.3, 0.4) is 0 Å². The second-order valence-corrected chi connectivity index (χ2v) is 6.08. The highest BCUT2D eigenvalue weighted by Gasteiger charge is 2.21. The molecule has 0 fully saturated rings. The molecule has 0 saturated carbocycles. The first-order valence-corrected chi connectivity index (χ1v) is 8.42. The summed E-state index contributed by atoms with van der Waals surface area (Å²) in [5, 5.41) is 4.22. The summed E-state index contributed by atoms with van der Waals surface area (Å²) in [7, 11) is 5.92. The van der Waals surface area contributed by atoms with Crippen LogP contribution < -0.4 is 31.1 Å². The van der Waals surface area contributed by atoms with Crippen LogP contribution in [-0.4, -0.2) is 46.9 Å². The Balaban J connectivity index is 2.07. The SMILES string of the molecule is COc1cc(C(=O)Cc2nn(C)c3nc(N)nc(N)c3c2=O)cc(OC)c1OC. The molecule has 0 saturated heterocycles. The third-order valence-corrected chi connectivity index (χ3v) is 4.32. The summed E-state index contributed by atoms with van der Waals surface area (Å²) in [5.74, 6) is 0.479. The lowest BCUT2D eigenvalue weighted by molar-refractivity contribution is 0.0990. The van der Waals surface area contributed by atoms with Crippen molar-refractivity contribution in [2.75, 3.05) is 32.8 Å². The zero-order valence-corrected chi connectivity index (χ0v) is 16.3. The number of benzene rings is 1. The zero-order valence-electron chi connectivity index (χ0n) is 16.3. The Morgan fingerprint density at radius 3 is 2.24 bits per heavy atom. The first kappa shape index (κ1) is 19.9. The highest BCUT2D eigenvalue weighted by molar-refractivity contribution is 5.99. The number of nitrogen functional groups attached to an aromatic ring is 2. The molecule has 2 aromatic heterocycles. The van der Waals surface area contributed by atoms with E-state index in [1.807, 2.05) is 0 Å². The molecule has 0 aliphatic rings. The van der Waals surface area contributed by atoms with Crippen molar-refractivity contribution in [3.8, 4) is 17.2 Å². The molecule has 11 heteroatoms. The fraction of sp³-hybridized carbons (Fsp3) is 0.278. The van der Waals surface area contributed by atoms with Crippen molar-refractivity contribution in [2.45, 2.75) is 6.42 Å². The van der Waals surface area contributed by atoms with Crippen molar-refractivity contribution < 1.29 is 19.0 Å². The largest absolute Gasteiger partial charge is 0.493 e. The van der Waals surface area contributed by atoms with Crippen molar-refractivity contribution in [1.82, 2.24) is 19.7 Å². The zero-order chi connectivity index (χ0) is 21.3. The fourth-order valence-corrected chi connectivity index (χ4v) is 2.97. The van der Waals surface area contributed by atoms with Gasteiger partial charge in [-0.25, -0.2) is 4.68 Å². The normalized spacial score (nSPS) is 10.8. The molecule has 0 spiro atoms. The van der Waals surface area contributed by atoms with Gasteiger partial charge < -0.3 is 25.7 Å². The molecule has 11 nitrogen and oxygen atoms in total. The van der Waals surface area contributed by atoms with E-state index in [-0.39, 0.29) is 46.3 Å². The minimum absolute atomic E-state index is 0.00109. The monoisotopic (exact) mass is 400 g/mol. The molecule has 29 heavy (non-hydrogen) atoms. The molecule has 4 N–H and O–H groups in total. The number of aromatic nitrogens is 4. The maximum atomic E-state index is 12.9. The van der Waals surface area contributed by atoms with Crippen LogP contribution in [0.25, 0.3) is 11.0 Å². The maximum Gasteiger partial charge on any atom is 0.224 e. The number of hydrogen-bond donors (Lipinski definition) is 2. The van der Waals surface area contributed by atoms with Gasteiger partial charge >= 0.3 is 0 Å². The third kappa shape index (κ3) is 3.49. The van der Waals surface area contributed by atoms with Crippen molar-refractivity contribution in [3.63, 3.8) is 0 Å². The number of nitrogens with two attached hydrogens (primary N) is 2. The molecular formula is C18H20N6O5. The number of methoxy groups -OCH3 is 3. The maximum absolute atomic E-state index is 12.9. The number of ketones is 1. The van der Waals surface area contributed by atoms with Crippen LogP contribution in [0.1, 0.15) is 16.1 Å². The first-order chi connectivity index (χ1) is 13.8. The van der Waals surface area contributed by atoms with Crippen LogP contribution in [0, 0.1) is 0 Å². The Hall–Kier alpha value is -3.89. The van der Waals surface area contributed by atoms with Gasteiger partial charge in [-0.3, -0.25) is 9.59 Å². The molecule has 0 unspecified atom stereocenters. The predicted molar refractivity (Wildman–Crippen MR) is 106 cm³/mol. The number of hydrogen-bond acceptors (Lipinski definition) is 10. The molecule has 0 amide bonds. The summed E-state index contributed by atoms with van der Waals surface area (Å²) in [6.07, 6.45) is -0.273. The number of ether oxygens (including phenoxy) is 3. The van der Waals surface area contributed by atoms with E-state index in [1.165, 1.54) is 38.1 Å². The van der Waals surface area contributed by atoms with Crippen molar-refractivity contribution >= 4 is 28.6 Å². The van der Waals surface area contributed by atoms with Gasteiger partial charge in [-0.2, -0.15) is 15.1 Å². The second kappa shape index (κ2) is 7.62. The standard InChI is InChI=1S/C18H20N6O5/c1-24-17-13(16(19)21-18(20)22-17)14(26)9(23-24)7-10(25)8-5-11(27-2)15(29-4)12(6-8)28-3/h5-6H,7H2,1-4H3,(H4,19,20,21,22). The van der Waals surface area contributed by atoms with Crippen molar-refractivity contribution in [2.24, 2.45) is 7.05 Å². The van der Waals surface area contributed by atoms with Crippen LogP contribution in [0.4, 0.5) is 11.8 Å². The summed E-state index contributed by atoms with van der Waals surface area (Å²) in [4.78, 5) is 33.5. The van der Waals surface area contributed by atoms with Gasteiger partial charge in [0.15, 0.2) is 22.9 Å². The summed E-state index contributed by atoms with van der Waals surface area (Å²) in [5.41, 5.74) is 11.3. The Bertz CT molecular complexity index is 1150. The minimum atomic E-state index is -0.531. The van der Waals surface area contributed by atoms with Crippen molar-refractivity contribution in [3.05, 3.63) is 33.6 Å². The van der Waals surface area contributed by atoms with E-state index in [2.05, 4.69) is 15.1 Å². The van der Waals surface area contributed by atoms with E-state index >= 15 is 0 Å². The van der Waals surface area contributed by atoms with Crippen LogP contribution in [0.2, 0.25) is 0 Å². The molecule has 152 valence electrons. The molecule has 0 aliphatic carbocycles. The van der Waals surface area contributed by atoms with Crippen molar-refractivity contribution in [1.29, 1.82) is 0 Å². The van der Waals surface area contributed by atoms with E-state index in [0.29, 0.717) is 17.2 Å². The van der Waals surface area contributed by atoms with Gasteiger partial charge in [-0.05, 0) is 12.1 Å². The number of carbonyl (C=O) groups excluding carboxylic acids is 1. The predicted octanol–water partition coefficient (Wildman–Crippen LogP) is 0.339. The highest BCUT2D eigenvalue weighted by Crippen LogP contribution is 2.38. The molecule has 0 aliphatic heterocycles. The lowest BCUT2D eigenvalue weighted by atomic mass is 10.0. The third-order valence-electron chi connectivity index (χ3n) is 4.32. The first-order valence-electron chi connectivity index (χ1n) is 8.42. The summed E-state index contributed by atoms with van der Waals surface area (Å²) < 4.78 is 17.1. The van der Waals surface area contributed by atoms with Gasteiger partial charge in [0, 0.05) is 12.6 Å². The van der Waals surface area contributed by atoms with Gasteiger partial charge in [-0.15, -0.1) is 0 Å². The number of nitrogens with zero attached hydrogens (tertiary/aromatic N) is 4. The minimum Gasteiger partial charge on any atom is -0.493 e. The molecule has 0 bridgehead atoms. The van der Waals surface area contributed by atoms with Gasteiger partial charge in [0.05, 0.1) is 27.8 Å². The molecule has 0 radical (unpaired) electrons. The number of carbonyl (C=O) groups is 1. The molecule has 3 rings (SSSR count). The number of fused-ring (bicyclic) bond motifs is 1. The number of rotatable bonds is 6. The average Bonchev–Trinajstić information content (AvgIpc) is 2.69. The number of aryl methyl sites for hydroxylation is 1. The smallest absolute Gasteiger partial charge is 0.224 e. The van der Waals surface area contributed by atoms with Crippen LogP contribution >= 0.6 is 0 Å². The van der Waals surface area contributed by atoms with Crippen LogP contribution in [-0.2, 0) is 13.5 Å². The van der Waals surface area contributed by atoms with E-state index in [0.717, 1.165) is 0 Å². The van der Waals surface area contributed by atoms with Crippen LogP contribution in [0.15, 0.2) is 16.9 Å². The molecule has 2 heterocycles. The van der Waals surface area contributed by atoms with Gasteiger partial charge in [0.25, 0.3) is 0 Å². The summed E-state index contributed by atoms with van der Waals surface area (Å²) >= 11 is 0. The lowest BCUT2D eigenvalue weighted by Crippen LogP contribution is -2.23. The Kier molecular flexibility index (Phi) is 5.22. The Morgan fingerprint density at radius 2 is 1.69 bits per heavy atom. The average molecular weight is 400 g/mol. The highest BCUT2D eigenvalue weighted by atomic mass is 16.5. The molecular weight excluding hydrogens is 380 g/mol. The molecule has 3 aromatic rings. The second-order valence-electron chi connectivity index (χ2n) is 6.08. The Morgan fingerprint density at radius 1 is 1.07 bits per heavy atom. The van der Waals surface area contributed by atoms with Gasteiger partial charge in [0.1, 0.15) is 16.9 Å². The number of Topliss-reactive ketones (excluding diaryl/α,β-unsaturated/α-hetero) is 1. The molecule has 0 atom stereocenters. The van der Waals surface area contributed by atoms with E-state index in [9.17, 15) is 9.59 Å². The summed E-state index contributed by atoms with van der Waals surface area (Å²) in [6.45, 7) is 0. The Labute approximate surface area is 165 Å². The summed E-state index contributed by atoms with van der Waals surface area (Å²) in [6, 6.07) is 3.01. The number of anilines is 2. The fourth-order valence-electron chi connectivity index (χ4n) is 2.97.